The fourth-order valence-electron chi connectivity index (χ4n) is 2.92. The van der Waals surface area contributed by atoms with Crippen molar-refractivity contribution in [1.82, 2.24) is 19.7 Å². The van der Waals surface area contributed by atoms with E-state index in [4.69, 9.17) is 14.2 Å². The molecule has 29 heavy (non-hydrogen) atoms. The zero-order valence-corrected chi connectivity index (χ0v) is 17.0. The van der Waals surface area contributed by atoms with E-state index in [0.29, 0.717) is 22.8 Å². The van der Waals surface area contributed by atoms with Crippen LogP contribution in [0, 0.1) is 20.8 Å². The van der Waals surface area contributed by atoms with E-state index in [-0.39, 0.29) is 11.5 Å². The van der Waals surface area contributed by atoms with Gasteiger partial charge in [0.25, 0.3) is 0 Å². The minimum atomic E-state index is -0.581. The maximum absolute atomic E-state index is 12.3. The summed E-state index contributed by atoms with van der Waals surface area (Å²) in [5.74, 6) is 0.610. The fraction of sp³-hybridized carbons (Fsp3) is 0.238. The number of hydrogen-bond acceptors (Lipinski definition) is 7. The van der Waals surface area contributed by atoms with Gasteiger partial charge in [-0.2, -0.15) is 10.1 Å². The number of ether oxygens (including phenoxy) is 3. The van der Waals surface area contributed by atoms with Crippen molar-refractivity contribution in [2.24, 2.45) is 0 Å². The van der Waals surface area contributed by atoms with Gasteiger partial charge in [0.15, 0.2) is 5.75 Å². The molecule has 8 heteroatoms. The van der Waals surface area contributed by atoms with Gasteiger partial charge in [-0.25, -0.2) is 14.5 Å². The highest BCUT2D eigenvalue weighted by atomic mass is 16.5. The Kier molecular flexibility index (Phi) is 5.92. The molecule has 3 rings (SSSR count). The van der Waals surface area contributed by atoms with Crippen molar-refractivity contribution in [1.29, 1.82) is 0 Å². The number of methoxy groups -OCH3 is 2. The summed E-state index contributed by atoms with van der Waals surface area (Å²) in [6.45, 7) is 5.52. The number of aromatic nitrogens is 4. The topological polar surface area (TPSA) is 88.4 Å². The second kappa shape index (κ2) is 8.55. The maximum atomic E-state index is 12.3. The first-order chi connectivity index (χ1) is 13.9. The molecular weight excluding hydrogens is 372 g/mol. The van der Waals surface area contributed by atoms with Crippen LogP contribution >= 0.6 is 0 Å². The number of aryl methyl sites for hydroxylation is 3. The van der Waals surface area contributed by atoms with E-state index in [9.17, 15) is 4.79 Å². The van der Waals surface area contributed by atoms with E-state index < -0.39 is 5.97 Å². The third kappa shape index (κ3) is 4.26. The van der Waals surface area contributed by atoms with Crippen LogP contribution in [0.3, 0.4) is 0 Å². The number of para-hydroxylation sites is 1. The third-order valence-corrected chi connectivity index (χ3v) is 4.21. The molecule has 0 aliphatic rings. The largest absolute Gasteiger partial charge is 0.503 e. The number of hydrogen-bond donors (Lipinski definition) is 0. The predicted molar refractivity (Wildman–Crippen MR) is 107 cm³/mol. The van der Waals surface area contributed by atoms with E-state index in [1.807, 2.05) is 31.2 Å². The molecule has 0 spiro atoms. The summed E-state index contributed by atoms with van der Waals surface area (Å²) in [4.78, 5) is 21.0. The molecule has 2 aromatic heterocycles. The first-order valence-corrected chi connectivity index (χ1v) is 8.90. The number of benzene rings is 1. The van der Waals surface area contributed by atoms with Crippen LogP contribution in [-0.4, -0.2) is 39.9 Å². The van der Waals surface area contributed by atoms with Crippen molar-refractivity contribution >= 4 is 11.5 Å². The van der Waals surface area contributed by atoms with Crippen LogP contribution in [0.2, 0.25) is 0 Å². The van der Waals surface area contributed by atoms with Crippen LogP contribution < -0.4 is 4.74 Å². The zero-order valence-electron chi connectivity index (χ0n) is 17.0. The molecule has 0 atom stereocenters. The molecule has 0 bridgehead atoms. The molecule has 0 fully saturated rings. The van der Waals surface area contributed by atoms with Crippen molar-refractivity contribution < 1.29 is 19.0 Å². The Morgan fingerprint density at radius 3 is 2.55 bits per heavy atom. The summed E-state index contributed by atoms with van der Waals surface area (Å²) in [7, 11) is 2.74. The molecule has 0 unspecified atom stereocenters. The Bertz CT molecular complexity index is 1070. The van der Waals surface area contributed by atoms with Gasteiger partial charge in [0.1, 0.15) is 11.4 Å². The monoisotopic (exact) mass is 394 g/mol. The molecule has 150 valence electrons. The van der Waals surface area contributed by atoms with Crippen LogP contribution in [0.4, 0.5) is 0 Å². The molecule has 8 nitrogen and oxygen atoms in total. The summed E-state index contributed by atoms with van der Waals surface area (Å²) in [6, 6.07) is 7.88. The van der Waals surface area contributed by atoms with Gasteiger partial charge >= 0.3 is 5.97 Å². The molecule has 1 aromatic carbocycles. The summed E-state index contributed by atoms with van der Waals surface area (Å²) in [5, 5.41) is 4.37. The summed E-state index contributed by atoms with van der Waals surface area (Å²) in [6.07, 6.45) is 4.62. The first-order valence-electron chi connectivity index (χ1n) is 8.90. The summed E-state index contributed by atoms with van der Waals surface area (Å²) < 4.78 is 17.6. The number of rotatable bonds is 6. The van der Waals surface area contributed by atoms with Crippen molar-refractivity contribution in [2.45, 2.75) is 20.8 Å². The van der Waals surface area contributed by atoms with Crippen LogP contribution in [0.25, 0.3) is 11.3 Å². The average molecular weight is 394 g/mol. The van der Waals surface area contributed by atoms with Crippen molar-refractivity contribution in [3.05, 3.63) is 65.6 Å². The second-order valence-electron chi connectivity index (χ2n) is 6.30. The van der Waals surface area contributed by atoms with Gasteiger partial charge in [-0.3, -0.25) is 0 Å². The molecular formula is C21H22N4O4. The third-order valence-electron chi connectivity index (χ3n) is 4.21. The van der Waals surface area contributed by atoms with E-state index in [1.54, 1.807) is 30.9 Å². The SMILES string of the molecule is COC=C(C(=O)OC)c1c(C)nc(C)nc1Oc1cnn(-c2ccccc2C)c1. The number of carbonyl (C=O) groups is 1. The van der Waals surface area contributed by atoms with Crippen LogP contribution in [-0.2, 0) is 14.3 Å². The molecule has 0 saturated carbocycles. The Labute approximate surface area is 168 Å². The lowest BCUT2D eigenvalue weighted by molar-refractivity contribution is -0.133. The van der Waals surface area contributed by atoms with Gasteiger partial charge < -0.3 is 14.2 Å². The summed E-state index contributed by atoms with van der Waals surface area (Å²) in [5.41, 5.74) is 3.13. The van der Waals surface area contributed by atoms with Gasteiger partial charge in [0, 0.05) is 0 Å². The lowest BCUT2D eigenvalue weighted by Crippen LogP contribution is -2.10. The van der Waals surface area contributed by atoms with Gasteiger partial charge in [-0.1, -0.05) is 18.2 Å². The van der Waals surface area contributed by atoms with Crippen molar-refractivity contribution in [3.63, 3.8) is 0 Å². The minimum Gasteiger partial charge on any atom is -0.503 e. The van der Waals surface area contributed by atoms with E-state index >= 15 is 0 Å². The molecule has 2 heterocycles. The Morgan fingerprint density at radius 1 is 1.10 bits per heavy atom. The smallest absolute Gasteiger partial charge is 0.341 e. The number of nitrogens with zero attached hydrogens (tertiary/aromatic N) is 4. The molecule has 3 aromatic rings. The molecule has 0 N–H and O–H groups in total. The van der Waals surface area contributed by atoms with E-state index in [2.05, 4.69) is 15.1 Å². The average Bonchev–Trinajstić information content (AvgIpc) is 3.14. The lowest BCUT2D eigenvalue weighted by atomic mass is 10.1. The maximum Gasteiger partial charge on any atom is 0.341 e. The Balaban J connectivity index is 2.03. The van der Waals surface area contributed by atoms with Crippen LogP contribution in [0.1, 0.15) is 22.6 Å². The van der Waals surface area contributed by atoms with Crippen LogP contribution in [0.5, 0.6) is 11.6 Å². The Hall–Kier alpha value is -3.68. The number of esters is 1. The molecule has 0 aliphatic carbocycles. The van der Waals surface area contributed by atoms with E-state index in [0.717, 1.165) is 11.3 Å². The molecule has 0 saturated heterocycles. The highest BCUT2D eigenvalue weighted by Crippen LogP contribution is 2.31. The minimum absolute atomic E-state index is 0.161. The second-order valence-corrected chi connectivity index (χ2v) is 6.30. The summed E-state index contributed by atoms with van der Waals surface area (Å²) >= 11 is 0. The lowest BCUT2D eigenvalue weighted by Gasteiger charge is -2.13. The van der Waals surface area contributed by atoms with Gasteiger partial charge in [0.2, 0.25) is 5.88 Å². The van der Waals surface area contributed by atoms with Gasteiger partial charge in [0.05, 0.1) is 49.8 Å². The Morgan fingerprint density at radius 2 is 1.86 bits per heavy atom. The fourth-order valence-corrected chi connectivity index (χ4v) is 2.92. The van der Waals surface area contributed by atoms with Gasteiger partial charge in [-0.05, 0) is 32.4 Å². The number of carbonyl (C=O) groups excluding carboxylic acids is 1. The first kappa shape index (κ1) is 20.1. The molecule has 0 aliphatic heterocycles. The van der Waals surface area contributed by atoms with Gasteiger partial charge in [-0.15, -0.1) is 0 Å². The predicted octanol–water partition coefficient (Wildman–Crippen LogP) is 3.54. The molecule has 0 radical (unpaired) electrons. The van der Waals surface area contributed by atoms with Crippen molar-refractivity contribution in [3.8, 4) is 17.3 Å². The highest BCUT2D eigenvalue weighted by molar-refractivity contribution is 6.17. The standard InChI is InChI=1S/C21H22N4O4/c1-13-8-6-7-9-18(13)25-11-16(10-22-25)29-20-19(14(2)23-15(3)24-20)17(12-27-4)21(26)28-5/h6-12H,1-5H3. The van der Waals surface area contributed by atoms with Crippen LogP contribution in [0.15, 0.2) is 42.9 Å². The molecule has 0 amide bonds. The van der Waals surface area contributed by atoms with E-state index in [1.165, 1.54) is 20.5 Å². The zero-order chi connectivity index (χ0) is 21.0. The normalized spacial score (nSPS) is 11.3. The quantitative estimate of drug-likeness (QED) is 0.359. The van der Waals surface area contributed by atoms with Crippen molar-refractivity contribution in [2.75, 3.05) is 14.2 Å². The highest BCUT2D eigenvalue weighted by Gasteiger charge is 2.24.